The third kappa shape index (κ3) is 5.42. The van der Waals surface area contributed by atoms with E-state index in [2.05, 4.69) is 10.3 Å². The van der Waals surface area contributed by atoms with E-state index in [4.69, 9.17) is 4.42 Å². The zero-order valence-corrected chi connectivity index (χ0v) is 22.3. The van der Waals surface area contributed by atoms with Crippen molar-refractivity contribution in [3.05, 3.63) is 96.8 Å². The lowest BCUT2D eigenvalue weighted by atomic mass is 9.98. The highest BCUT2D eigenvalue weighted by Crippen LogP contribution is 2.41. The van der Waals surface area contributed by atoms with Crippen LogP contribution in [0.5, 0.6) is 0 Å². The molecule has 200 valence electrons. The van der Waals surface area contributed by atoms with Gasteiger partial charge in [0.05, 0.1) is 23.8 Å². The second-order valence-corrected chi connectivity index (χ2v) is 11.0. The maximum absolute atomic E-state index is 13.6. The highest BCUT2D eigenvalue weighted by atomic mass is 32.2. The van der Waals surface area contributed by atoms with Gasteiger partial charge in [-0.3, -0.25) is 9.10 Å². The van der Waals surface area contributed by atoms with Crippen molar-refractivity contribution in [3.8, 4) is 22.5 Å². The molecule has 8 nitrogen and oxygen atoms in total. The fraction of sp³-hybridized carbons (Fsp3) is 0.172. The van der Waals surface area contributed by atoms with E-state index in [1.54, 1.807) is 24.7 Å². The van der Waals surface area contributed by atoms with Gasteiger partial charge in [0, 0.05) is 55.1 Å². The quantitative estimate of drug-likeness (QED) is 0.270. The number of benzene rings is 3. The van der Waals surface area contributed by atoms with Gasteiger partial charge < -0.3 is 14.3 Å². The molecule has 5 aromatic rings. The van der Waals surface area contributed by atoms with Gasteiger partial charge in [0.25, 0.3) is 5.91 Å². The predicted octanol–water partition coefficient (Wildman–Crippen LogP) is 5.32. The van der Waals surface area contributed by atoms with Crippen molar-refractivity contribution in [2.75, 3.05) is 24.2 Å². The highest BCUT2D eigenvalue weighted by Gasteiger charge is 2.27. The summed E-state index contributed by atoms with van der Waals surface area (Å²) >= 11 is 0. The molecule has 1 amide bonds. The summed E-state index contributed by atoms with van der Waals surface area (Å²) in [5.41, 5.74) is 3.00. The molecule has 1 N–H and O–H groups in total. The lowest BCUT2D eigenvalue weighted by Crippen LogP contribution is -2.32. The monoisotopic (exact) mass is 546 g/mol. The number of carbonyl (C=O) groups excluding carboxylic acids is 1. The van der Waals surface area contributed by atoms with Crippen LogP contribution in [0.3, 0.4) is 0 Å². The number of nitrogens with one attached hydrogen (secondary N) is 1. The topological polar surface area (TPSA) is 97.4 Å². The zero-order chi connectivity index (χ0) is 27.6. The van der Waals surface area contributed by atoms with Crippen LogP contribution in [0.2, 0.25) is 0 Å². The van der Waals surface area contributed by atoms with Gasteiger partial charge in [-0.2, -0.15) is 0 Å². The van der Waals surface area contributed by atoms with Crippen molar-refractivity contribution >= 4 is 32.6 Å². The van der Waals surface area contributed by atoms with Crippen LogP contribution in [0, 0.1) is 5.82 Å². The average Bonchev–Trinajstić information content (AvgIpc) is 3.58. The fourth-order valence-electron chi connectivity index (χ4n) is 4.62. The van der Waals surface area contributed by atoms with Gasteiger partial charge in [0.15, 0.2) is 0 Å². The van der Waals surface area contributed by atoms with E-state index in [0.29, 0.717) is 40.7 Å². The van der Waals surface area contributed by atoms with E-state index in [0.717, 1.165) is 5.56 Å². The summed E-state index contributed by atoms with van der Waals surface area (Å²) in [4.78, 5) is 17.1. The van der Waals surface area contributed by atoms with Gasteiger partial charge in [0.1, 0.15) is 17.2 Å². The zero-order valence-electron chi connectivity index (χ0n) is 21.5. The fourth-order valence-corrected chi connectivity index (χ4v) is 5.59. The number of hydrogen-bond acceptors (Lipinski definition) is 5. The van der Waals surface area contributed by atoms with E-state index in [1.165, 1.54) is 41.9 Å². The Morgan fingerprint density at radius 2 is 1.82 bits per heavy atom. The van der Waals surface area contributed by atoms with E-state index >= 15 is 0 Å². The van der Waals surface area contributed by atoms with Crippen LogP contribution in [0.4, 0.5) is 10.1 Å². The lowest BCUT2D eigenvalue weighted by molar-refractivity contribution is 0.0964. The first-order valence-electron chi connectivity index (χ1n) is 12.3. The van der Waals surface area contributed by atoms with Crippen LogP contribution in [0.15, 0.2) is 89.9 Å². The van der Waals surface area contributed by atoms with Crippen molar-refractivity contribution in [1.29, 1.82) is 0 Å². The standard InChI is InChI=1S/C29H27FN4O4S/c1-31-29(35)27-24-17-23(20-7-4-3-5-8-20)25(18-26(24)38-28(27)21-9-11-22(30)12-10-21)34(39(2,36)37)15-6-14-33-16-13-32-19-33/h3-5,7-13,16-19H,6,14-15H2,1-2H3,(H,31,35). The number of carbonyl (C=O) groups is 1. The summed E-state index contributed by atoms with van der Waals surface area (Å²) < 4.78 is 49.3. The summed E-state index contributed by atoms with van der Waals surface area (Å²) in [7, 11) is -2.17. The predicted molar refractivity (Wildman–Crippen MR) is 149 cm³/mol. The van der Waals surface area contributed by atoms with E-state index in [1.807, 2.05) is 41.1 Å². The molecule has 0 spiro atoms. The van der Waals surface area contributed by atoms with E-state index < -0.39 is 15.8 Å². The van der Waals surface area contributed by atoms with Crippen LogP contribution in [-0.2, 0) is 16.6 Å². The normalized spacial score (nSPS) is 11.6. The molecular formula is C29H27FN4O4S. The number of fused-ring (bicyclic) bond motifs is 1. The molecule has 0 aliphatic rings. The Labute approximate surface area is 225 Å². The van der Waals surface area contributed by atoms with Gasteiger partial charge >= 0.3 is 0 Å². The number of nitrogens with zero attached hydrogens (tertiary/aromatic N) is 3. The van der Waals surface area contributed by atoms with Crippen LogP contribution in [0.25, 0.3) is 33.4 Å². The summed E-state index contributed by atoms with van der Waals surface area (Å²) in [5.74, 6) is -0.517. The minimum Gasteiger partial charge on any atom is -0.455 e. The minimum atomic E-state index is -3.69. The number of sulfonamides is 1. The third-order valence-electron chi connectivity index (χ3n) is 6.46. The lowest BCUT2D eigenvalue weighted by Gasteiger charge is -2.25. The number of anilines is 1. The van der Waals surface area contributed by atoms with Crippen LogP contribution in [0.1, 0.15) is 16.8 Å². The Morgan fingerprint density at radius 3 is 2.46 bits per heavy atom. The molecule has 0 bridgehead atoms. The number of halogens is 1. The van der Waals surface area contributed by atoms with Crippen LogP contribution in [-0.4, -0.2) is 43.7 Å². The molecule has 3 aromatic carbocycles. The molecule has 0 unspecified atom stereocenters. The van der Waals surface area contributed by atoms with Gasteiger partial charge in [-0.25, -0.2) is 17.8 Å². The summed E-state index contributed by atoms with van der Waals surface area (Å²) in [6.45, 7) is 0.807. The Morgan fingerprint density at radius 1 is 1.08 bits per heavy atom. The summed E-state index contributed by atoms with van der Waals surface area (Å²) in [6.07, 6.45) is 6.90. The maximum atomic E-state index is 13.6. The first-order chi connectivity index (χ1) is 18.8. The molecule has 0 radical (unpaired) electrons. The molecule has 0 saturated carbocycles. The van der Waals surface area contributed by atoms with Gasteiger partial charge in [-0.1, -0.05) is 30.3 Å². The van der Waals surface area contributed by atoms with Crippen molar-refractivity contribution < 1.29 is 22.0 Å². The Kier molecular flexibility index (Phi) is 7.21. The number of furan rings is 1. The first kappa shape index (κ1) is 26.2. The van der Waals surface area contributed by atoms with Gasteiger partial charge in [-0.15, -0.1) is 0 Å². The smallest absolute Gasteiger partial charge is 0.255 e. The van der Waals surface area contributed by atoms with Crippen LogP contribution >= 0.6 is 0 Å². The second kappa shape index (κ2) is 10.7. The summed E-state index contributed by atoms with van der Waals surface area (Å²) in [5, 5.41) is 3.17. The van der Waals surface area contributed by atoms with Crippen molar-refractivity contribution in [2.45, 2.75) is 13.0 Å². The third-order valence-corrected chi connectivity index (χ3v) is 7.64. The Hall–Kier alpha value is -4.44. The molecule has 10 heteroatoms. The molecule has 39 heavy (non-hydrogen) atoms. The molecular weight excluding hydrogens is 519 g/mol. The highest BCUT2D eigenvalue weighted by molar-refractivity contribution is 7.92. The van der Waals surface area contributed by atoms with Crippen molar-refractivity contribution in [3.63, 3.8) is 0 Å². The Bertz CT molecular complexity index is 1720. The molecule has 0 atom stereocenters. The van der Waals surface area contributed by atoms with Gasteiger partial charge in [-0.05, 0) is 42.3 Å². The van der Waals surface area contributed by atoms with Crippen molar-refractivity contribution in [2.24, 2.45) is 0 Å². The van der Waals surface area contributed by atoms with E-state index in [9.17, 15) is 17.6 Å². The van der Waals surface area contributed by atoms with Gasteiger partial charge in [0.2, 0.25) is 10.0 Å². The molecule has 5 rings (SSSR count). The molecule has 0 saturated heterocycles. The molecule has 2 heterocycles. The molecule has 0 fully saturated rings. The number of hydrogen-bond donors (Lipinski definition) is 1. The number of rotatable bonds is 9. The van der Waals surface area contributed by atoms with Crippen molar-refractivity contribution in [1.82, 2.24) is 14.9 Å². The average molecular weight is 547 g/mol. The number of aromatic nitrogens is 2. The second-order valence-electron chi connectivity index (χ2n) is 9.11. The summed E-state index contributed by atoms with van der Waals surface area (Å²) in [6, 6.07) is 18.5. The van der Waals surface area contributed by atoms with Crippen LogP contribution < -0.4 is 9.62 Å². The SMILES string of the molecule is CNC(=O)c1c(-c2ccc(F)cc2)oc2cc(N(CCCn3ccnc3)S(C)(=O)=O)c(-c3ccccc3)cc12. The first-order valence-corrected chi connectivity index (χ1v) is 14.2. The largest absolute Gasteiger partial charge is 0.455 e. The number of aryl methyl sites for hydroxylation is 1. The molecule has 0 aliphatic carbocycles. The Balaban J connectivity index is 1.71. The van der Waals surface area contributed by atoms with E-state index in [-0.39, 0.29) is 23.8 Å². The number of imidazole rings is 1. The molecule has 0 aliphatic heterocycles. The minimum absolute atomic E-state index is 0.218. The maximum Gasteiger partial charge on any atom is 0.255 e. The molecule has 2 aromatic heterocycles. The number of amides is 1.